The molecule has 0 bridgehead atoms. The fourth-order valence-corrected chi connectivity index (χ4v) is 3.65. The van der Waals surface area contributed by atoms with Crippen LogP contribution in [0.4, 0.5) is 0 Å². The second-order valence-electron chi connectivity index (χ2n) is 7.03. The smallest absolute Gasteiger partial charge is 0.311 e. The number of fused-ring (bicyclic) bond motifs is 1. The minimum Gasteiger partial charge on any atom is -0.485 e. The van der Waals surface area contributed by atoms with Crippen molar-refractivity contribution in [3.8, 4) is 11.5 Å². The summed E-state index contributed by atoms with van der Waals surface area (Å²) in [4.78, 5) is 26.0. The van der Waals surface area contributed by atoms with Gasteiger partial charge in [0.2, 0.25) is 6.10 Å². The summed E-state index contributed by atoms with van der Waals surface area (Å²) in [7, 11) is 1.37. The molecule has 1 atom stereocenters. The quantitative estimate of drug-likeness (QED) is 0.805. The highest BCUT2D eigenvalue weighted by Gasteiger charge is 2.33. The van der Waals surface area contributed by atoms with Gasteiger partial charge >= 0.3 is 5.97 Å². The molecule has 3 heterocycles. The number of amides is 1. The van der Waals surface area contributed by atoms with E-state index in [1.54, 1.807) is 0 Å². The summed E-state index contributed by atoms with van der Waals surface area (Å²) < 4.78 is 16.2. The first-order chi connectivity index (χ1) is 13.6. The molecule has 0 saturated carbocycles. The number of aromatic amines is 1. The third-order valence-electron chi connectivity index (χ3n) is 5.22. The van der Waals surface area contributed by atoms with Gasteiger partial charge in [-0.15, -0.1) is 0 Å². The van der Waals surface area contributed by atoms with Crippen molar-refractivity contribution >= 4 is 11.9 Å². The molecule has 148 valence electrons. The van der Waals surface area contributed by atoms with Gasteiger partial charge in [0.1, 0.15) is 6.61 Å². The molecule has 4 rings (SSSR count). The van der Waals surface area contributed by atoms with E-state index in [0.29, 0.717) is 24.6 Å². The summed E-state index contributed by atoms with van der Waals surface area (Å²) in [5.74, 6) is 1.20. The first-order valence-corrected chi connectivity index (χ1v) is 9.42. The third-order valence-corrected chi connectivity index (χ3v) is 5.22. The molecule has 0 unspecified atom stereocenters. The van der Waals surface area contributed by atoms with Crippen LogP contribution in [-0.4, -0.2) is 59.9 Å². The SMILES string of the molecule is COC(=O)Cc1cc(C2CCN(C(=O)[C@@H]3COc4ccccc4O3)CC2)n[nH]1. The lowest BCUT2D eigenvalue weighted by Gasteiger charge is -2.35. The third kappa shape index (κ3) is 3.81. The predicted octanol–water partition coefficient (Wildman–Crippen LogP) is 1.67. The summed E-state index contributed by atoms with van der Waals surface area (Å²) in [6, 6.07) is 9.29. The van der Waals surface area contributed by atoms with Crippen molar-refractivity contribution in [2.45, 2.75) is 31.3 Å². The van der Waals surface area contributed by atoms with Crippen LogP contribution in [0.15, 0.2) is 30.3 Å². The molecule has 2 aliphatic heterocycles. The number of aromatic nitrogens is 2. The monoisotopic (exact) mass is 385 g/mol. The summed E-state index contributed by atoms with van der Waals surface area (Å²) >= 11 is 0. The minimum absolute atomic E-state index is 0.0404. The van der Waals surface area contributed by atoms with Crippen LogP contribution in [0, 0.1) is 0 Å². The Morgan fingerprint density at radius 2 is 2.00 bits per heavy atom. The molecule has 8 nitrogen and oxygen atoms in total. The first-order valence-electron chi connectivity index (χ1n) is 9.42. The second-order valence-corrected chi connectivity index (χ2v) is 7.03. The summed E-state index contributed by atoms with van der Waals surface area (Å²) in [6.45, 7) is 1.51. The summed E-state index contributed by atoms with van der Waals surface area (Å²) in [5.41, 5.74) is 1.67. The zero-order chi connectivity index (χ0) is 19.5. The molecule has 1 aromatic carbocycles. The van der Waals surface area contributed by atoms with Gasteiger partial charge < -0.3 is 19.1 Å². The van der Waals surface area contributed by atoms with Crippen LogP contribution in [0.5, 0.6) is 11.5 Å². The maximum atomic E-state index is 12.8. The average Bonchev–Trinajstić information content (AvgIpc) is 3.21. The molecule has 2 aliphatic rings. The molecule has 1 amide bonds. The number of benzene rings is 1. The Morgan fingerprint density at radius 3 is 2.75 bits per heavy atom. The molecular formula is C20H23N3O5. The van der Waals surface area contributed by atoms with E-state index in [9.17, 15) is 9.59 Å². The van der Waals surface area contributed by atoms with E-state index in [0.717, 1.165) is 24.2 Å². The van der Waals surface area contributed by atoms with Gasteiger partial charge in [-0.05, 0) is 31.0 Å². The molecule has 1 N–H and O–H groups in total. The van der Waals surface area contributed by atoms with Crippen molar-refractivity contribution in [2.24, 2.45) is 0 Å². The van der Waals surface area contributed by atoms with E-state index in [2.05, 4.69) is 14.9 Å². The molecule has 28 heavy (non-hydrogen) atoms. The number of nitrogens with one attached hydrogen (secondary N) is 1. The minimum atomic E-state index is -0.608. The molecular weight excluding hydrogens is 362 g/mol. The Morgan fingerprint density at radius 1 is 1.25 bits per heavy atom. The van der Waals surface area contributed by atoms with Gasteiger partial charge in [0, 0.05) is 24.7 Å². The van der Waals surface area contributed by atoms with E-state index in [-0.39, 0.29) is 30.8 Å². The lowest BCUT2D eigenvalue weighted by atomic mass is 9.93. The van der Waals surface area contributed by atoms with Gasteiger partial charge in [0.25, 0.3) is 5.91 Å². The number of hydrogen-bond donors (Lipinski definition) is 1. The largest absolute Gasteiger partial charge is 0.485 e. The van der Waals surface area contributed by atoms with E-state index in [1.807, 2.05) is 35.2 Å². The highest BCUT2D eigenvalue weighted by molar-refractivity contribution is 5.82. The van der Waals surface area contributed by atoms with Crippen LogP contribution in [0.25, 0.3) is 0 Å². The zero-order valence-electron chi connectivity index (χ0n) is 15.7. The van der Waals surface area contributed by atoms with E-state index >= 15 is 0 Å². The number of rotatable bonds is 4. The predicted molar refractivity (Wildman–Crippen MR) is 99.2 cm³/mol. The van der Waals surface area contributed by atoms with Gasteiger partial charge in [0.05, 0.1) is 19.2 Å². The normalized spacial score (nSPS) is 19.3. The molecule has 0 spiro atoms. The molecule has 2 aromatic rings. The number of likely N-dealkylation sites (tertiary alicyclic amines) is 1. The number of H-pyrrole nitrogens is 1. The van der Waals surface area contributed by atoms with Gasteiger partial charge in [-0.3, -0.25) is 14.7 Å². The number of carbonyl (C=O) groups is 2. The highest BCUT2D eigenvalue weighted by atomic mass is 16.6. The Balaban J connectivity index is 1.32. The lowest BCUT2D eigenvalue weighted by molar-refractivity contribution is -0.142. The van der Waals surface area contributed by atoms with Crippen molar-refractivity contribution < 1.29 is 23.8 Å². The zero-order valence-corrected chi connectivity index (χ0v) is 15.7. The van der Waals surface area contributed by atoms with Crippen LogP contribution in [0.3, 0.4) is 0 Å². The van der Waals surface area contributed by atoms with Crippen molar-refractivity contribution in [2.75, 3.05) is 26.8 Å². The van der Waals surface area contributed by atoms with E-state index < -0.39 is 6.10 Å². The number of ether oxygens (including phenoxy) is 3. The Labute approximate surface area is 162 Å². The van der Waals surface area contributed by atoms with Crippen molar-refractivity contribution in [3.05, 3.63) is 41.7 Å². The standard InChI is InChI=1S/C20H23N3O5/c1-26-19(24)11-14-10-15(22-21-14)13-6-8-23(9-7-13)20(25)18-12-27-16-4-2-3-5-17(16)28-18/h2-5,10,13,18H,6-9,11-12H2,1H3,(H,21,22)/t18-/m0/s1. The number of esters is 1. The number of methoxy groups -OCH3 is 1. The highest BCUT2D eigenvalue weighted by Crippen LogP contribution is 2.32. The summed E-state index contributed by atoms with van der Waals surface area (Å²) in [6.07, 6.45) is 1.21. The van der Waals surface area contributed by atoms with Crippen LogP contribution < -0.4 is 9.47 Å². The topological polar surface area (TPSA) is 93.8 Å². The Kier molecular flexibility index (Phi) is 5.18. The Hall–Kier alpha value is -3.03. The maximum absolute atomic E-state index is 12.8. The van der Waals surface area contributed by atoms with Gasteiger partial charge in [-0.2, -0.15) is 5.10 Å². The molecule has 1 saturated heterocycles. The summed E-state index contributed by atoms with van der Waals surface area (Å²) in [5, 5.41) is 7.23. The number of piperidine rings is 1. The fourth-order valence-electron chi connectivity index (χ4n) is 3.65. The molecule has 1 aromatic heterocycles. The Bertz CT molecular complexity index is 857. The first kappa shape index (κ1) is 18.3. The van der Waals surface area contributed by atoms with E-state index in [1.165, 1.54) is 7.11 Å². The number of hydrogen-bond acceptors (Lipinski definition) is 6. The van der Waals surface area contributed by atoms with Gasteiger partial charge in [0.15, 0.2) is 11.5 Å². The van der Waals surface area contributed by atoms with Gasteiger partial charge in [-0.25, -0.2) is 0 Å². The lowest BCUT2D eigenvalue weighted by Crippen LogP contribution is -2.48. The van der Waals surface area contributed by atoms with Crippen LogP contribution in [0.1, 0.15) is 30.1 Å². The molecule has 1 fully saturated rings. The van der Waals surface area contributed by atoms with E-state index in [4.69, 9.17) is 9.47 Å². The maximum Gasteiger partial charge on any atom is 0.311 e. The molecule has 0 aliphatic carbocycles. The number of nitrogens with zero attached hydrogens (tertiary/aromatic N) is 2. The molecule has 8 heteroatoms. The van der Waals surface area contributed by atoms with Crippen LogP contribution in [0.2, 0.25) is 0 Å². The molecule has 0 radical (unpaired) electrons. The number of carbonyl (C=O) groups excluding carboxylic acids is 2. The fraction of sp³-hybridized carbons (Fsp3) is 0.450. The second kappa shape index (κ2) is 7.92. The van der Waals surface area contributed by atoms with Crippen LogP contribution >= 0.6 is 0 Å². The van der Waals surface area contributed by atoms with Crippen molar-refractivity contribution in [1.29, 1.82) is 0 Å². The van der Waals surface area contributed by atoms with Crippen molar-refractivity contribution in [1.82, 2.24) is 15.1 Å². The average molecular weight is 385 g/mol. The van der Waals surface area contributed by atoms with Gasteiger partial charge in [-0.1, -0.05) is 12.1 Å². The van der Waals surface area contributed by atoms with Crippen LogP contribution in [-0.2, 0) is 20.7 Å². The van der Waals surface area contributed by atoms with Crippen molar-refractivity contribution in [3.63, 3.8) is 0 Å². The number of para-hydroxylation sites is 2.